The summed E-state index contributed by atoms with van der Waals surface area (Å²) < 4.78 is 20.5. The number of H-pyrrole nitrogens is 1. The van der Waals surface area contributed by atoms with Crippen LogP contribution in [0, 0.1) is 5.82 Å². The van der Waals surface area contributed by atoms with Crippen LogP contribution in [0.15, 0.2) is 54.7 Å². The Hall–Kier alpha value is -3.12. The smallest absolute Gasteiger partial charge is 0.272 e. The van der Waals surface area contributed by atoms with Gasteiger partial charge in [-0.3, -0.25) is 4.79 Å². The minimum absolute atomic E-state index is 0.264. The van der Waals surface area contributed by atoms with Gasteiger partial charge in [-0.05, 0) is 48.5 Å². The lowest BCUT2D eigenvalue weighted by Gasteiger charge is -2.07. The van der Waals surface area contributed by atoms with Gasteiger partial charge < -0.3 is 19.6 Å². The molecule has 0 saturated heterocycles. The lowest BCUT2D eigenvalue weighted by molar-refractivity contribution is 0.102. The average Bonchev–Trinajstić information content (AvgIpc) is 3.23. The van der Waals surface area contributed by atoms with E-state index in [2.05, 4.69) is 14.9 Å². The van der Waals surface area contributed by atoms with Crippen molar-refractivity contribution in [3.63, 3.8) is 0 Å². The molecule has 5 nitrogen and oxygen atoms in total. The minimum atomic E-state index is -0.327. The maximum absolute atomic E-state index is 13.3. The van der Waals surface area contributed by atoms with Gasteiger partial charge >= 0.3 is 0 Å². The van der Waals surface area contributed by atoms with E-state index < -0.39 is 0 Å². The molecule has 0 fully saturated rings. The highest BCUT2D eigenvalue weighted by atomic mass is 19.1. The molecular formula is C20H18FN3O2. The van der Waals surface area contributed by atoms with Crippen LogP contribution in [0.4, 0.5) is 10.1 Å². The molecule has 4 rings (SSSR count). The van der Waals surface area contributed by atoms with E-state index in [9.17, 15) is 9.18 Å². The summed E-state index contributed by atoms with van der Waals surface area (Å²) in [5.74, 6) is -0.591. The lowest BCUT2D eigenvalue weighted by atomic mass is 10.2. The molecule has 2 N–H and O–H groups in total. The first-order valence-corrected chi connectivity index (χ1v) is 8.31. The van der Waals surface area contributed by atoms with Crippen LogP contribution in [-0.2, 0) is 11.3 Å². The second kappa shape index (κ2) is 6.65. The van der Waals surface area contributed by atoms with Crippen molar-refractivity contribution in [3.05, 3.63) is 66.2 Å². The Balaban J connectivity index is 1.56. The van der Waals surface area contributed by atoms with Gasteiger partial charge in [0, 0.05) is 47.3 Å². The molecule has 1 amide bonds. The topological polar surface area (TPSA) is 59.0 Å². The van der Waals surface area contributed by atoms with Gasteiger partial charge in [-0.25, -0.2) is 4.39 Å². The number of aromatic amines is 1. The van der Waals surface area contributed by atoms with Gasteiger partial charge in [-0.1, -0.05) is 0 Å². The molecule has 2 aromatic carbocycles. The minimum Gasteiger partial charge on any atom is -0.383 e. The third-order valence-electron chi connectivity index (χ3n) is 4.39. The quantitative estimate of drug-likeness (QED) is 0.567. The van der Waals surface area contributed by atoms with Crippen molar-refractivity contribution >= 4 is 33.4 Å². The van der Waals surface area contributed by atoms with Crippen LogP contribution in [-0.4, -0.2) is 29.2 Å². The third-order valence-corrected chi connectivity index (χ3v) is 4.39. The number of hydrogen-bond donors (Lipinski definition) is 2. The number of carbonyl (C=O) groups is 1. The number of carbonyl (C=O) groups excluding carboxylic acids is 1. The number of fused-ring (bicyclic) bond motifs is 2. The zero-order valence-corrected chi connectivity index (χ0v) is 14.3. The highest BCUT2D eigenvalue weighted by molar-refractivity contribution is 6.06. The van der Waals surface area contributed by atoms with Gasteiger partial charge in [0.25, 0.3) is 5.91 Å². The Morgan fingerprint density at radius 2 is 2.04 bits per heavy atom. The molecule has 132 valence electrons. The molecule has 6 heteroatoms. The van der Waals surface area contributed by atoms with Gasteiger partial charge in [0.1, 0.15) is 11.5 Å². The van der Waals surface area contributed by atoms with E-state index in [4.69, 9.17) is 4.74 Å². The van der Waals surface area contributed by atoms with Gasteiger partial charge in [-0.15, -0.1) is 0 Å². The van der Waals surface area contributed by atoms with Gasteiger partial charge in [0.05, 0.1) is 6.61 Å². The molecule has 4 aromatic rings. The molecule has 0 atom stereocenters. The molecule has 0 aliphatic rings. The number of hydrogen-bond acceptors (Lipinski definition) is 2. The fourth-order valence-electron chi connectivity index (χ4n) is 3.09. The largest absolute Gasteiger partial charge is 0.383 e. The number of aromatic nitrogens is 2. The first-order chi connectivity index (χ1) is 12.6. The first-order valence-electron chi connectivity index (χ1n) is 8.31. The highest BCUT2D eigenvalue weighted by Crippen LogP contribution is 2.22. The standard InChI is InChI=1S/C20H18FN3O2/c1-26-9-8-24-7-6-13-11-16(3-5-19(13)24)22-20(25)18-12-14-10-15(21)2-4-17(14)23-18/h2-7,10-12,23H,8-9H2,1H3,(H,22,25). The number of nitrogens with zero attached hydrogens (tertiary/aromatic N) is 1. The van der Waals surface area contributed by atoms with Crippen molar-refractivity contribution in [1.82, 2.24) is 9.55 Å². The molecule has 0 bridgehead atoms. The van der Waals surface area contributed by atoms with E-state index in [0.29, 0.717) is 23.4 Å². The number of nitrogens with one attached hydrogen (secondary N) is 2. The summed E-state index contributed by atoms with van der Waals surface area (Å²) in [7, 11) is 1.68. The Morgan fingerprint density at radius 3 is 2.88 bits per heavy atom. The molecule has 0 spiro atoms. The predicted molar refractivity (Wildman–Crippen MR) is 100 cm³/mol. The first kappa shape index (κ1) is 16.4. The van der Waals surface area contributed by atoms with E-state index in [1.165, 1.54) is 12.1 Å². The Kier molecular flexibility index (Phi) is 4.18. The van der Waals surface area contributed by atoms with Crippen LogP contribution in [0.2, 0.25) is 0 Å². The van der Waals surface area contributed by atoms with Gasteiger partial charge in [0.15, 0.2) is 0 Å². The molecule has 0 unspecified atom stereocenters. The molecule has 0 radical (unpaired) electrons. The van der Waals surface area contributed by atoms with Crippen molar-refractivity contribution in [2.24, 2.45) is 0 Å². The Bertz CT molecular complexity index is 1100. The summed E-state index contributed by atoms with van der Waals surface area (Å²) in [6, 6.07) is 13.8. The van der Waals surface area contributed by atoms with Crippen LogP contribution in [0.3, 0.4) is 0 Å². The van der Waals surface area contributed by atoms with Gasteiger partial charge in [0.2, 0.25) is 0 Å². The summed E-state index contributed by atoms with van der Waals surface area (Å²) in [4.78, 5) is 15.5. The average molecular weight is 351 g/mol. The van der Waals surface area contributed by atoms with Crippen molar-refractivity contribution in [1.29, 1.82) is 0 Å². The zero-order valence-electron chi connectivity index (χ0n) is 14.3. The normalized spacial score (nSPS) is 11.3. The lowest BCUT2D eigenvalue weighted by Crippen LogP contribution is -2.12. The Morgan fingerprint density at radius 1 is 1.15 bits per heavy atom. The van der Waals surface area contributed by atoms with E-state index in [1.54, 1.807) is 19.2 Å². The predicted octanol–water partition coefficient (Wildman–Crippen LogP) is 4.16. The van der Waals surface area contributed by atoms with E-state index in [-0.39, 0.29) is 11.7 Å². The number of rotatable bonds is 5. The molecule has 0 saturated carbocycles. The molecule has 26 heavy (non-hydrogen) atoms. The number of amides is 1. The Labute approximate surface area is 149 Å². The zero-order chi connectivity index (χ0) is 18.1. The van der Waals surface area contributed by atoms with Crippen LogP contribution in [0.25, 0.3) is 21.8 Å². The maximum atomic E-state index is 13.3. The molecule has 0 aliphatic heterocycles. The van der Waals surface area contributed by atoms with Crippen molar-refractivity contribution < 1.29 is 13.9 Å². The molecule has 2 heterocycles. The second-order valence-corrected chi connectivity index (χ2v) is 6.14. The van der Waals surface area contributed by atoms with Crippen molar-refractivity contribution in [3.8, 4) is 0 Å². The van der Waals surface area contributed by atoms with Gasteiger partial charge in [-0.2, -0.15) is 0 Å². The van der Waals surface area contributed by atoms with E-state index in [0.717, 1.165) is 23.0 Å². The summed E-state index contributed by atoms with van der Waals surface area (Å²) in [5.41, 5.74) is 2.91. The second-order valence-electron chi connectivity index (χ2n) is 6.14. The number of benzene rings is 2. The number of methoxy groups -OCH3 is 1. The molecule has 2 aromatic heterocycles. The molecule has 0 aliphatic carbocycles. The highest BCUT2D eigenvalue weighted by Gasteiger charge is 2.11. The maximum Gasteiger partial charge on any atom is 0.272 e. The number of anilines is 1. The summed E-state index contributed by atoms with van der Waals surface area (Å²) >= 11 is 0. The fraction of sp³-hybridized carbons (Fsp3) is 0.150. The summed E-state index contributed by atoms with van der Waals surface area (Å²) in [6.45, 7) is 1.42. The molecular weight excluding hydrogens is 333 g/mol. The number of ether oxygens (including phenoxy) is 1. The van der Waals surface area contributed by atoms with E-state index >= 15 is 0 Å². The van der Waals surface area contributed by atoms with Crippen LogP contribution in [0.5, 0.6) is 0 Å². The monoisotopic (exact) mass is 351 g/mol. The fourth-order valence-corrected chi connectivity index (χ4v) is 3.09. The summed E-state index contributed by atoms with van der Waals surface area (Å²) in [5, 5.41) is 4.59. The number of halogens is 1. The van der Waals surface area contributed by atoms with Crippen LogP contribution < -0.4 is 5.32 Å². The van der Waals surface area contributed by atoms with Crippen molar-refractivity contribution in [2.75, 3.05) is 19.0 Å². The van der Waals surface area contributed by atoms with E-state index in [1.807, 2.05) is 30.5 Å². The third kappa shape index (κ3) is 3.07. The van der Waals surface area contributed by atoms with Crippen LogP contribution >= 0.6 is 0 Å². The van der Waals surface area contributed by atoms with Crippen molar-refractivity contribution in [2.45, 2.75) is 6.54 Å². The SMILES string of the molecule is COCCn1ccc2cc(NC(=O)c3cc4cc(F)ccc4[nH]3)ccc21. The summed E-state index contributed by atoms with van der Waals surface area (Å²) in [6.07, 6.45) is 2.00. The van der Waals surface area contributed by atoms with Crippen LogP contribution in [0.1, 0.15) is 10.5 Å².